The molecule has 22 heavy (non-hydrogen) atoms. The van der Waals surface area contributed by atoms with Gasteiger partial charge in [0.2, 0.25) is 11.8 Å². The molecule has 2 rings (SSSR count). The van der Waals surface area contributed by atoms with Crippen LogP contribution in [-0.2, 0) is 16.0 Å². The smallest absolute Gasteiger partial charge is 0.249 e. The van der Waals surface area contributed by atoms with Gasteiger partial charge in [-0.1, -0.05) is 36.4 Å². The highest BCUT2D eigenvalue weighted by molar-refractivity contribution is 7.11. The molecule has 1 heterocycles. The van der Waals surface area contributed by atoms with E-state index in [4.69, 9.17) is 0 Å². The number of hydrazone groups is 1. The highest BCUT2D eigenvalue weighted by atomic mass is 32.1. The van der Waals surface area contributed by atoms with Gasteiger partial charge in [-0.15, -0.1) is 11.3 Å². The maximum Gasteiger partial charge on any atom is 0.249 e. The molecular weight excluding hydrogens is 298 g/mol. The lowest BCUT2D eigenvalue weighted by atomic mass is 10.1. The maximum atomic E-state index is 11.6. The van der Waals surface area contributed by atoms with Crippen molar-refractivity contribution in [2.24, 2.45) is 5.10 Å². The van der Waals surface area contributed by atoms with E-state index in [1.807, 2.05) is 47.8 Å². The fourth-order valence-corrected chi connectivity index (χ4v) is 2.36. The van der Waals surface area contributed by atoms with Crippen LogP contribution in [0.5, 0.6) is 0 Å². The number of carbonyl (C=O) groups excluding carboxylic acids is 2. The summed E-state index contributed by atoms with van der Waals surface area (Å²) in [4.78, 5) is 24.1. The summed E-state index contributed by atoms with van der Waals surface area (Å²) in [5.41, 5.74) is 3.48. The third kappa shape index (κ3) is 5.88. The van der Waals surface area contributed by atoms with Crippen molar-refractivity contribution in [3.05, 3.63) is 58.3 Å². The van der Waals surface area contributed by atoms with Crippen LogP contribution in [0.2, 0.25) is 0 Å². The second kappa shape index (κ2) is 8.74. The molecule has 6 heteroatoms. The van der Waals surface area contributed by atoms with Gasteiger partial charge in [-0.25, -0.2) is 5.43 Å². The monoisotopic (exact) mass is 315 g/mol. The molecule has 1 aromatic heterocycles. The third-order valence-corrected chi connectivity index (χ3v) is 3.63. The average Bonchev–Trinajstić information content (AvgIpc) is 3.01. The van der Waals surface area contributed by atoms with E-state index >= 15 is 0 Å². The first-order valence-corrected chi connectivity index (χ1v) is 7.78. The quantitative estimate of drug-likeness (QED) is 0.466. The Morgan fingerprint density at radius 3 is 2.64 bits per heavy atom. The first-order valence-electron chi connectivity index (χ1n) is 6.90. The Balaban J connectivity index is 1.63. The summed E-state index contributed by atoms with van der Waals surface area (Å²) < 4.78 is 0. The van der Waals surface area contributed by atoms with Crippen molar-refractivity contribution in [3.8, 4) is 0 Å². The number of hydrogen-bond acceptors (Lipinski definition) is 4. The molecule has 0 radical (unpaired) electrons. The number of nitrogens with zero attached hydrogens (tertiary/aromatic N) is 1. The van der Waals surface area contributed by atoms with Gasteiger partial charge in [0.15, 0.2) is 0 Å². The van der Waals surface area contributed by atoms with Crippen molar-refractivity contribution in [1.29, 1.82) is 0 Å². The molecule has 114 valence electrons. The molecule has 5 nitrogen and oxygen atoms in total. The average molecular weight is 315 g/mol. The van der Waals surface area contributed by atoms with E-state index in [0.29, 0.717) is 6.54 Å². The fourth-order valence-electron chi connectivity index (χ4n) is 1.77. The summed E-state index contributed by atoms with van der Waals surface area (Å²) in [7, 11) is 0. The van der Waals surface area contributed by atoms with E-state index < -0.39 is 5.91 Å². The molecule has 0 spiro atoms. The van der Waals surface area contributed by atoms with Crippen LogP contribution >= 0.6 is 11.3 Å². The van der Waals surface area contributed by atoms with Crippen LogP contribution in [0.4, 0.5) is 0 Å². The number of nitrogens with one attached hydrogen (secondary N) is 2. The van der Waals surface area contributed by atoms with Crippen LogP contribution < -0.4 is 10.7 Å². The third-order valence-electron chi connectivity index (χ3n) is 2.82. The molecule has 0 atom stereocenters. The van der Waals surface area contributed by atoms with Gasteiger partial charge in [-0.3, -0.25) is 9.59 Å². The van der Waals surface area contributed by atoms with Crippen LogP contribution in [0.1, 0.15) is 16.9 Å². The van der Waals surface area contributed by atoms with E-state index in [9.17, 15) is 9.59 Å². The normalized spacial score (nSPS) is 10.5. The molecule has 0 aliphatic rings. The van der Waals surface area contributed by atoms with Gasteiger partial charge in [0.05, 0.1) is 6.21 Å². The zero-order chi connectivity index (χ0) is 15.6. The Labute approximate surface area is 133 Å². The Morgan fingerprint density at radius 2 is 1.91 bits per heavy atom. The van der Waals surface area contributed by atoms with Crippen LogP contribution in [0.3, 0.4) is 0 Å². The summed E-state index contributed by atoms with van der Waals surface area (Å²) in [5, 5.41) is 8.44. The van der Waals surface area contributed by atoms with Crippen molar-refractivity contribution in [1.82, 2.24) is 10.7 Å². The molecule has 0 fully saturated rings. The maximum absolute atomic E-state index is 11.6. The van der Waals surface area contributed by atoms with Crippen LogP contribution in [-0.4, -0.2) is 24.6 Å². The standard InChI is InChI=1S/C16H17N3O2S/c20-15(17-9-8-13-5-2-1-3-6-13)11-16(21)19-18-12-14-7-4-10-22-14/h1-7,10,12H,8-9,11H2,(H,17,20)(H,19,21)/b18-12-. The summed E-state index contributed by atoms with van der Waals surface area (Å²) in [6.07, 6.45) is 2.07. The molecule has 0 saturated carbocycles. The molecule has 0 aliphatic heterocycles. The lowest BCUT2D eigenvalue weighted by Crippen LogP contribution is -2.31. The van der Waals surface area contributed by atoms with E-state index in [2.05, 4.69) is 15.8 Å². The van der Waals surface area contributed by atoms with Crippen LogP contribution in [0, 0.1) is 0 Å². The van der Waals surface area contributed by atoms with Gasteiger partial charge in [-0.05, 0) is 23.4 Å². The van der Waals surface area contributed by atoms with Crippen molar-refractivity contribution in [2.75, 3.05) is 6.54 Å². The van der Waals surface area contributed by atoms with Gasteiger partial charge >= 0.3 is 0 Å². The molecule has 0 bridgehead atoms. The Bertz CT molecular complexity index is 624. The molecular formula is C16H17N3O2S. The lowest BCUT2D eigenvalue weighted by molar-refractivity contribution is -0.129. The summed E-state index contributed by atoms with van der Waals surface area (Å²) in [5.74, 6) is -0.732. The molecule has 2 N–H and O–H groups in total. The zero-order valence-corrected chi connectivity index (χ0v) is 12.8. The van der Waals surface area contributed by atoms with Gasteiger partial charge in [-0.2, -0.15) is 5.10 Å². The predicted octanol–water partition coefficient (Wildman–Crippen LogP) is 1.95. The van der Waals surface area contributed by atoms with Crippen molar-refractivity contribution in [3.63, 3.8) is 0 Å². The molecule has 0 aliphatic carbocycles. The molecule has 1 aromatic carbocycles. The van der Waals surface area contributed by atoms with E-state index in [-0.39, 0.29) is 12.3 Å². The number of hydrogen-bond donors (Lipinski definition) is 2. The van der Waals surface area contributed by atoms with Crippen LogP contribution in [0.15, 0.2) is 52.9 Å². The van der Waals surface area contributed by atoms with Gasteiger partial charge < -0.3 is 5.32 Å². The second-order valence-electron chi connectivity index (χ2n) is 4.57. The van der Waals surface area contributed by atoms with Crippen molar-refractivity contribution in [2.45, 2.75) is 12.8 Å². The van der Waals surface area contributed by atoms with E-state index in [1.54, 1.807) is 6.21 Å². The number of thiophene rings is 1. The highest BCUT2D eigenvalue weighted by Gasteiger charge is 2.07. The number of carbonyl (C=O) groups is 2. The molecule has 2 aromatic rings. The molecule has 0 unspecified atom stereocenters. The first-order chi connectivity index (χ1) is 10.7. The minimum absolute atomic E-state index is 0.226. The van der Waals surface area contributed by atoms with Crippen molar-refractivity contribution < 1.29 is 9.59 Å². The molecule has 0 saturated heterocycles. The lowest BCUT2D eigenvalue weighted by Gasteiger charge is -2.04. The SMILES string of the molecule is O=C(CC(=O)N/N=C\c1cccs1)NCCc1ccccc1. The number of benzene rings is 1. The Morgan fingerprint density at radius 1 is 1.09 bits per heavy atom. The Hall–Kier alpha value is -2.47. The van der Waals surface area contributed by atoms with Gasteiger partial charge in [0, 0.05) is 11.4 Å². The topological polar surface area (TPSA) is 70.6 Å². The van der Waals surface area contributed by atoms with Crippen LogP contribution in [0.25, 0.3) is 0 Å². The summed E-state index contributed by atoms with van der Waals surface area (Å²) in [6, 6.07) is 13.6. The summed E-state index contributed by atoms with van der Waals surface area (Å²) >= 11 is 1.52. The number of rotatable bonds is 7. The fraction of sp³-hybridized carbons (Fsp3) is 0.188. The zero-order valence-electron chi connectivity index (χ0n) is 12.0. The number of amides is 2. The van der Waals surface area contributed by atoms with Gasteiger partial charge in [0.25, 0.3) is 0 Å². The second-order valence-corrected chi connectivity index (χ2v) is 5.55. The summed E-state index contributed by atoms with van der Waals surface area (Å²) in [6.45, 7) is 0.509. The highest BCUT2D eigenvalue weighted by Crippen LogP contribution is 2.04. The van der Waals surface area contributed by atoms with E-state index in [1.165, 1.54) is 11.3 Å². The Kier molecular flexibility index (Phi) is 6.32. The van der Waals surface area contributed by atoms with E-state index in [0.717, 1.165) is 16.9 Å². The molecule has 2 amide bonds. The van der Waals surface area contributed by atoms with Gasteiger partial charge in [0.1, 0.15) is 6.42 Å². The largest absolute Gasteiger partial charge is 0.355 e. The van der Waals surface area contributed by atoms with Crippen molar-refractivity contribution >= 4 is 29.4 Å². The first kappa shape index (κ1) is 15.9. The minimum atomic E-state index is -0.426. The minimum Gasteiger partial charge on any atom is -0.355 e. The predicted molar refractivity (Wildman–Crippen MR) is 87.8 cm³/mol.